The Bertz CT molecular complexity index is 1380. The lowest BCUT2D eigenvalue weighted by atomic mass is 10.0. The van der Waals surface area contributed by atoms with Crippen molar-refractivity contribution in [3.63, 3.8) is 0 Å². The van der Waals surface area contributed by atoms with E-state index in [9.17, 15) is 4.79 Å². The fourth-order valence-electron chi connectivity index (χ4n) is 4.80. The lowest BCUT2D eigenvalue weighted by molar-refractivity contribution is -0.149. The van der Waals surface area contributed by atoms with Crippen molar-refractivity contribution in [2.75, 3.05) is 37.7 Å². The van der Waals surface area contributed by atoms with Gasteiger partial charge in [-0.05, 0) is 43.7 Å². The third-order valence-corrected chi connectivity index (χ3v) is 6.94. The predicted octanol–water partition coefficient (Wildman–Crippen LogP) is 3.58. The second-order valence-corrected chi connectivity index (χ2v) is 9.48. The first-order chi connectivity index (χ1) is 17.1. The largest absolute Gasteiger partial charge is 0.465 e. The number of H-pyrrole nitrogens is 1. The number of nitrogens with one attached hydrogen (secondary N) is 2. The molecule has 0 unspecified atom stereocenters. The summed E-state index contributed by atoms with van der Waals surface area (Å²) in [5.41, 5.74) is 6.54. The van der Waals surface area contributed by atoms with Crippen LogP contribution in [0.2, 0.25) is 0 Å². The van der Waals surface area contributed by atoms with Crippen LogP contribution in [0, 0.1) is 18.8 Å². The molecule has 2 fully saturated rings. The zero-order chi connectivity index (χ0) is 23.8. The first kappa shape index (κ1) is 21.7. The van der Waals surface area contributed by atoms with E-state index in [1.54, 1.807) is 6.33 Å². The molecule has 0 spiro atoms. The summed E-state index contributed by atoms with van der Waals surface area (Å²) in [6, 6.07) is 14.3. The van der Waals surface area contributed by atoms with E-state index < -0.39 is 0 Å². The van der Waals surface area contributed by atoms with Crippen LogP contribution in [0.3, 0.4) is 0 Å². The monoisotopic (exact) mass is 468 g/mol. The Labute approximate surface area is 203 Å². The predicted molar refractivity (Wildman–Crippen MR) is 135 cm³/mol. The molecule has 178 valence electrons. The molecule has 1 atom stereocenters. The molecule has 8 nitrogen and oxygen atoms in total. The van der Waals surface area contributed by atoms with E-state index >= 15 is 0 Å². The Balaban J connectivity index is 1.22. The highest BCUT2D eigenvalue weighted by atomic mass is 16.5. The summed E-state index contributed by atoms with van der Waals surface area (Å²) < 4.78 is 5.56. The van der Waals surface area contributed by atoms with E-state index in [1.165, 1.54) is 0 Å². The number of anilines is 1. The van der Waals surface area contributed by atoms with Crippen LogP contribution in [-0.4, -0.2) is 58.7 Å². The molecule has 1 aromatic carbocycles. The smallest absolute Gasteiger partial charge is 0.310 e. The molecule has 4 aromatic rings. The normalized spacial score (nSPS) is 18.1. The van der Waals surface area contributed by atoms with Gasteiger partial charge in [0.25, 0.3) is 0 Å². The molecule has 2 aliphatic heterocycles. The van der Waals surface area contributed by atoms with Crippen molar-refractivity contribution in [2.45, 2.75) is 13.3 Å². The standard InChI is InChI=1S/C27H28N6O2/c1-17-3-2-4-24(32-17)26-25(30-16-31-26)19-5-6-23-21(9-19)10-22(13-29-23)33-8-7-20(14-33)27(34)35-15-18-11-28-12-18/h2-6,9-10,13,16,18,20,28H,7-8,11-12,14-15H2,1H3,(H,30,31)/t20-/m1/s1. The van der Waals surface area contributed by atoms with Crippen LogP contribution in [0.1, 0.15) is 12.1 Å². The molecule has 8 heteroatoms. The summed E-state index contributed by atoms with van der Waals surface area (Å²) in [6.07, 6.45) is 4.41. The lowest BCUT2D eigenvalue weighted by Crippen LogP contribution is -2.45. The van der Waals surface area contributed by atoms with Crippen LogP contribution in [-0.2, 0) is 9.53 Å². The van der Waals surface area contributed by atoms with Crippen molar-refractivity contribution in [1.29, 1.82) is 0 Å². The van der Waals surface area contributed by atoms with E-state index in [-0.39, 0.29) is 11.9 Å². The number of aryl methyl sites for hydroxylation is 1. The van der Waals surface area contributed by atoms with Crippen molar-refractivity contribution < 1.29 is 9.53 Å². The Morgan fingerprint density at radius 3 is 2.91 bits per heavy atom. The van der Waals surface area contributed by atoms with Crippen LogP contribution < -0.4 is 10.2 Å². The summed E-state index contributed by atoms with van der Waals surface area (Å²) in [4.78, 5) is 31.9. The summed E-state index contributed by atoms with van der Waals surface area (Å²) in [5, 5.41) is 4.25. The molecule has 35 heavy (non-hydrogen) atoms. The maximum Gasteiger partial charge on any atom is 0.310 e. The topological polar surface area (TPSA) is 96.0 Å². The molecular formula is C27H28N6O2. The van der Waals surface area contributed by atoms with Gasteiger partial charge in [-0.2, -0.15) is 0 Å². The number of pyridine rings is 2. The molecule has 5 heterocycles. The van der Waals surface area contributed by atoms with E-state index in [0.29, 0.717) is 19.1 Å². The number of ether oxygens (including phenoxy) is 1. The minimum atomic E-state index is -0.0847. The third-order valence-electron chi connectivity index (χ3n) is 6.94. The number of hydrogen-bond donors (Lipinski definition) is 2. The number of rotatable bonds is 6. The van der Waals surface area contributed by atoms with Gasteiger partial charge in [0.15, 0.2) is 0 Å². The Morgan fingerprint density at radius 2 is 2.09 bits per heavy atom. The van der Waals surface area contributed by atoms with Gasteiger partial charge in [0.05, 0.1) is 53.3 Å². The van der Waals surface area contributed by atoms with E-state index in [4.69, 9.17) is 4.74 Å². The molecule has 0 amide bonds. The number of fused-ring (bicyclic) bond motifs is 1. The van der Waals surface area contributed by atoms with Gasteiger partial charge in [-0.25, -0.2) is 4.98 Å². The molecule has 0 radical (unpaired) electrons. The summed E-state index contributed by atoms with van der Waals surface area (Å²) in [5.74, 6) is 0.303. The van der Waals surface area contributed by atoms with E-state index in [0.717, 1.165) is 71.0 Å². The summed E-state index contributed by atoms with van der Waals surface area (Å²) in [7, 11) is 0. The van der Waals surface area contributed by atoms with Gasteiger partial charge >= 0.3 is 5.97 Å². The van der Waals surface area contributed by atoms with Crippen molar-refractivity contribution in [3.8, 4) is 22.6 Å². The number of nitrogens with zero attached hydrogens (tertiary/aromatic N) is 4. The molecule has 6 rings (SSSR count). The number of hydrogen-bond acceptors (Lipinski definition) is 7. The van der Waals surface area contributed by atoms with Crippen LogP contribution in [0.25, 0.3) is 33.5 Å². The average Bonchev–Trinajstić information content (AvgIpc) is 3.53. The number of benzene rings is 1. The number of aromatic nitrogens is 4. The minimum absolute atomic E-state index is 0.0775. The fourth-order valence-corrected chi connectivity index (χ4v) is 4.80. The molecule has 3 aromatic heterocycles. The SMILES string of the molecule is Cc1cccc(-c2[nH]cnc2-c2ccc3ncc(N4CC[C@@H](C(=O)OCC5CNC5)C4)cc3c2)n1. The second-order valence-electron chi connectivity index (χ2n) is 9.48. The first-order valence-electron chi connectivity index (χ1n) is 12.1. The summed E-state index contributed by atoms with van der Waals surface area (Å²) in [6.45, 7) is 5.87. The zero-order valence-corrected chi connectivity index (χ0v) is 19.7. The van der Waals surface area contributed by atoms with Crippen LogP contribution in [0.5, 0.6) is 0 Å². The van der Waals surface area contributed by atoms with Crippen molar-refractivity contribution in [3.05, 3.63) is 60.7 Å². The fraction of sp³-hybridized carbons (Fsp3) is 0.333. The van der Waals surface area contributed by atoms with E-state index in [1.807, 2.05) is 43.5 Å². The molecule has 2 saturated heterocycles. The lowest BCUT2D eigenvalue weighted by Gasteiger charge is -2.26. The first-order valence-corrected chi connectivity index (χ1v) is 12.1. The highest BCUT2D eigenvalue weighted by molar-refractivity contribution is 5.88. The third kappa shape index (κ3) is 4.37. The Morgan fingerprint density at radius 1 is 1.17 bits per heavy atom. The number of esters is 1. The van der Waals surface area contributed by atoms with Gasteiger partial charge in [0.2, 0.25) is 0 Å². The van der Waals surface area contributed by atoms with Crippen molar-refractivity contribution in [1.82, 2.24) is 25.3 Å². The Kier molecular flexibility index (Phi) is 5.66. The average molecular weight is 469 g/mol. The zero-order valence-electron chi connectivity index (χ0n) is 19.7. The molecular weight excluding hydrogens is 440 g/mol. The highest BCUT2D eigenvalue weighted by Crippen LogP contribution is 2.32. The van der Waals surface area contributed by atoms with Gasteiger partial charge in [0.1, 0.15) is 0 Å². The number of carbonyl (C=O) groups is 1. The maximum atomic E-state index is 12.5. The van der Waals surface area contributed by atoms with Crippen LogP contribution in [0.4, 0.5) is 5.69 Å². The van der Waals surface area contributed by atoms with E-state index in [2.05, 4.69) is 42.3 Å². The van der Waals surface area contributed by atoms with Gasteiger partial charge in [-0.3, -0.25) is 14.8 Å². The van der Waals surface area contributed by atoms with Gasteiger partial charge in [-0.15, -0.1) is 0 Å². The maximum absolute atomic E-state index is 12.5. The quantitative estimate of drug-likeness (QED) is 0.418. The minimum Gasteiger partial charge on any atom is -0.465 e. The molecule has 2 N–H and O–H groups in total. The van der Waals surface area contributed by atoms with Crippen molar-refractivity contribution >= 4 is 22.6 Å². The van der Waals surface area contributed by atoms with Gasteiger partial charge < -0.3 is 19.9 Å². The Hall–Kier alpha value is -3.78. The number of carbonyl (C=O) groups excluding carboxylic acids is 1. The van der Waals surface area contributed by atoms with Crippen molar-refractivity contribution in [2.24, 2.45) is 11.8 Å². The van der Waals surface area contributed by atoms with Gasteiger partial charge in [0, 0.05) is 48.7 Å². The molecule has 0 saturated carbocycles. The van der Waals surface area contributed by atoms with Crippen LogP contribution in [0.15, 0.2) is 55.0 Å². The molecule has 2 aliphatic rings. The second kappa shape index (κ2) is 9.11. The number of aromatic amines is 1. The van der Waals surface area contributed by atoms with Crippen LogP contribution >= 0.6 is 0 Å². The summed E-state index contributed by atoms with van der Waals surface area (Å²) >= 11 is 0. The molecule has 0 bridgehead atoms. The number of imidazole rings is 1. The highest BCUT2D eigenvalue weighted by Gasteiger charge is 2.31. The van der Waals surface area contributed by atoms with Gasteiger partial charge in [-0.1, -0.05) is 12.1 Å². The molecule has 0 aliphatic carbocycles.